The summed E-state index contributed by atoms with van der Waals surface area (Å²) in [5, 5.41) is 0. The van der Waals surface area contributed by atoms with E-state index in [1.807, 2.05) is 47.9 Å². The molecule has 0 radical (unpaired) electrons. The Bertz CT molecular complexity index is 651. The summed E-state index contributed by atoms with van der Waals surface area (Å²) < 4.78 is 7.36. The lowest BCUT2D eigenvalue weighted by molar-refractivity contribution is 0.547. The Kier molecular flexibility index (Phi) is 1.77. The van der Waals surface area contributed by atoms with Crippen LogP contribution < -0.4 is 5.73 Å². The van der Waals surface area contributed by atoms with E-state index in [9.17, 15) is 0 Å². The molecule has 0 atom stereocenters. The standard InChI is InChI=1S/C12H11N3O/c1-8-5-6-10(16-8)9-7-15-11(13)3-2-4-12(15)14-9/h2-7H,13H2,1H3. The average molecular weight is 213 g/mol. The van der Waals surface area contributed by atoms with Crippen LogP contribution in [0.3, 0.4) is 0 Å². The van der Waals surface area contributed by atoms with Crippen LogP contribution in [0.25, 0.3) is 17.1 Å². The van der Waals surface area contributed by atoms with Gasteiger partial charge in [0.15, 0.2) is 5.76 Å². The van der Waals surface area contributed by atoms with Gasteiger partial charge in [-0.05, 0) is 31.2 Å². The van der Waals surface area contributed by atoms with Crippen molar-refractivity contribution < 1.29 is 4.42 Å². The van der Waals surface area contributed by atoms with Gasteiger partial charge in [-0.1, -0.05) is 6.07 Å². The third-order valence-electron chi connectivity index (χ3n) is 2.52. The van der Waals surface area contributed by atoms with Gasteiger partial charge >= 0.3 is 0 Å². The molecule has 0 aliphatic rings. The molecule has 0 saturated carbocycles. The van der Waals surface area contributed by atoms with Crippen LogP contribution >= 0.6 is 0 Å². The molecule has 0 amide bonds. The molecule has 3 rings (SSSR count). The van der Waals surface area contributed by atoms with Crippen LogP contribution in [0.2, 0.25) is 0 Å². The van der Waals surface area contributed by atoms with Gasteiger partial charge < -0.3 is 10.2 Å². The number of rotatable bonds is 1. The van der Waals surface area contributed by atoms with Gasteiger partial charge in [0.25, 0.3) is 0 Å². The molecule has 0 unspecified atom stereocenters. The van der Waals surface area contributed by atoms with E-state index in [1.54, 1.807) is 0 Å². The third-order valence-corrected chi connectivity index (χ3v) is 2.52. The number of nitrogen functional groups attached to an aromatic ring is 1. The lowest BCUT2D eigenvalue weighted by Gasteiger charge is -1.95. The molecule has 3 heterocycles. The zero-order chi connectivity index (χ0) is 11.1. The van der Waals surface area contributed by atoms with E-state index in [1.165, 1.54) is 0 Å². The van der Waals surface area contributed by atoms with Gasteiger partial charge in [0.1, 0.15) is 22.9 Å². The summed E-state index contributed by atoms with van der Waals surface area (Å²) in [6.45, 7) is 1.91. The van der Waals surface area contributed by atoms with Crippen LogP contribution in [0, 0.1) is 6.92 Å². The lowest BCUT2D eigenvalue weighted by atomic mass is 10.3. The summed E-state index contributed by atoms with van der Waals surface area (Å²) >= 11 is 0. The van der Waals surface area contributed by atoms with Crippen molar-refractivity contribution in [3.63, 3.8) is 0 Å². The molecule has 0 bridgehead atoms. The van der Waals surface area contributed by atoms with Crippen molar-refractivity contribution in [3.8, 4) is 11.5 Å². The number of hydrogen-bond donors (Lipinski definition) is 1. The van der Waals surface area contributed by atoms with Crippen molar-refractivity contribution in [1.29, 1.82) is 0 Å². The average Bonchev–Trinajstić information content (AvgIpc) is 2.84. The quantitative estimate of drug-likeness (QED) is 0.675. The van der Waals surface area contributed by atoms with Gasteiger partial charge in [0.2, 0.25) is 0 Å². The maximum absolute atomic E-state index is 5.85. The monoisotopic (exact) mass is 213 g/mol. The molecule has 0 aromatic carbocycles. The number of imidazole rings is 1. The van der Waals surface area contributed by atoms with Crippen LogP contribution in [-0.2, 0) is 0 Å². The van der Waals surface area contributed by atoms with E-state index in [4.69, 9.17) is 10.2 Å². The first-order valence-electron chi connectivity index (χ1n) is 5.04. The summed E-state index contributed by atoms with van der Waals surface area (Å²) in [6.07, 6.45) is 1.88. The number of aryl methyl sites for hydroxylation is 1. The molecule has 3 aromatic heterocycles. The van der Waals surface area contributed by atoms with Gasteiger partial charge in [-0.15, -0.1) is 0 Å². The zero-order valence-electron chi connectivity index (χ0n) is 8.84. The largest absolute Gasteiger partial charge is 0.460 e. The maximum Gasteiger partial charge on any atom is 0.154 e. The number of aromatic nitrogens is 2. The van der Waals surface area contributed by atoms with Crippen molar-refractivity contribution in [2.45, 2.75) is 6.92 Å². The fourth-order valence-corrected chi connectivity index (χ4v) is 1.72. The number of hydrogen-bond acceptors (Lipinski definition) is 3. The second-order valence-electron chi connectivity index (χ2n) is 3.72. The minimum Gasteiger partial charge on any atom is -0.460 e. The SMILES string of the molecule is Cc1ccc(-c2cn3c(N)cccc3n2)o1. The molecule has 0 spiro atoms. The van der Waals surface area contributed by atoms with Gasteiger partial charge in [-0.2, -0.15) is 0 Å². The molecule has 16 heavy (non-hydrogen) atoms. The highest BCUT2D eigenvalue weighted by Gasteiger charge is 2.08. The molecule has 3 aromatic rings. The highest BCUT2D eigenvalue weighted by molar-refractivity contribution is 5.60. The Morgan fingerprint density at radius 3 is 2.81 bits per heavy atom. The Morgan fingerprint density at radius 1 is 1.25 bits per heavy atom. The predicted molar refractivity (Wildman–Crippen MR) is 62.0 cm³/mol. The van der Waals surface area contributed by atoms with Crippen molar-refractivity contribution >= 4 is 11.5 Å². The fraction of sp³-hybridized carbons (Fsp3) is 0.0833. The van der Waals surface area contributed by atoms with E-state index in [2.05, 4.69) is 4.98 Å². The second kappa shape index (κ2) is 3.13. The highest BCUT2D eigenvalue weighted by atomic mass is 16.3. The normalized spacial score (nSPS) is 11.1. The van der Waals surface area contributed by atoms with Gasteiger partial charge in [-0.25, -0.2) is 4.98 Å². The second-order valence-corrected chi connectivity index (χ2v) is 3.72. The molecule has 0 aliphatic carbocycles. The van der Waals surface area contributed by atoms with E-state index < -0.39 is 0 Å². The number of nitrogens with two attached hydrogens (primary N) is 1. The van der Waals surface area contributed by atoms with E-state index >= 15 is 0 Å². The zero-order valence-corrected chi connectivity index (χ0v) is 8.84. The molecular weight excluding hydrogens is 202 g/mol. The summed E-state index contributed by atoms with van der Waals surface area (Å²) in [5.74, 6) is 2.31. The number of nitrogens with zero attached hydrogens (tertiary/aromatic N) is 2. The minimum absolute atomic E-state index is 0.666. The van der Waals surface area contributed by atoms with E-state index in [0.717, 1.165) is 22.9 Å². The van der Waals surface area contributed by atoms with Crippen molar-refractivity contribution in [2.24, 2.45) is 0 Å². The summed E-state index contributed by atoms with van der Waals surface area (Å²) in [4.78, 5) is 4.45. The first-order chi connectivity index (χ1) is 7.74. The van der Waals surface area contributed by atoms with Crippen LogP contribution in [0.15, 0.2) is 40.9 Å². The summed E-state index contributed by atoms with van der Waals surface area (Å²) in [5.41, 5.74) is 7.47. The summed E-state index contributed by atoms with van der Waals surface area (Å²) in [6, 6.07) is 9.46. The Morgan fingerprint density at radius 2 is 2.12 bits per heavy atom. The molecule has 0 fully saturated rings. The Hall–Kier alpha value is -2.23. The number of pyridine rings is 1. The van der Waals surface area contributed by atoms with Gasteiger partial charge in [0, 0.05) is 6.20 Å². The van der Waals surface area contributed by atoms with Crippen molar-refractivity contribution in [3.05, 3.63) is 42.3 Å². The first-order valence-corrected chi connectivity index (χ1v) is 5.04. The van der Waals surface area contributed by atoms with Crippen LogP contribution in [0.4, 0.5) is 5.82 Å². The maximum atomic E-state index is 5.85. The number of fused-ring (bicyclic) bond motifs is 1. The van der Waals surface area contributed by atoms with Gasteiger partial charge in [-0.3, -0.25) is 4.40 Å². The predicted octanol–water partition coefficient (Wildman–Crippen LogP) is 2.48. The van der Waals surface area contributed by atoms with Crippen LogP contribution in [0.1, 0.15) is 5.76 Å². The Labute approximate surface area is 92.3 Å². The molecule has 2 N–H and O–H groups in total. The highest BCUT2D eigenvalue weighted by Crippen LogP contribution is 2.22. The number of furan rings is 1. The van der Waals surface area contributed by atoms with Crippen molar-refractivity contribution in [2.75, 3.05) is 5.73 Å². The molecule has 4 nitrogen and oxygen atoms in total. The molecule has 80 valence electrons. The summed E-state index contributed by atoms with van der Waals surface area (Å²) in [7, 11) is 0. The lowest BCUT2D eigenvalue weighted by Crippen LogP contribution is -1.93. The minimum atomic E-state index is 0.666. The van der Waals surface area contributed by atoms with Crippen LogP contribution in [-0.4, -0.2) is 9.38 Å². The molecule has 4 heteroatoms. The number of anilines is 1. The van der Waals surface area contributed by atoms with Crippen LogP contribution in [0.5, 0.6) is 0 Å². The Balaban J connectivity index is 2.22. The molecule has 0 aliphatic heterocycles. The fourth-order valence-electron chi connectivity index (χ4n) is 1.72. The topological polar surface area (TPSA) is 56.5 Å². The van der Waals surface area contributed by atoms with E-state index in [-0.39, 0.29) is 0 Å². The van der Waals surface area contributed by atoms with E-state index in [0.29, 0.717) is 5.82 Å². The smallest absolute Gasteiger partial charge is 0.154 e. The third kappa shape index (κ3) is 1.27. The van der Waals surface area contributed by atoms with Crippen molar-refractivity contribution in [1.82, 2.24) is 9.38 Å². The molecule has 0 saturated heterocycles. The molecular formula is C12H11N3O. The van der Waals surface area contributed by atoms with Gasteiger partial charge in [0.05, 0.1) is 0 Å². The first kappa shape index (κ1) is 9.03.